The van der Waals surface area contributed by atoms with Crippen molar-refractivity contribution < 1.29 is 4.79 Å². The normalized spacial score (nSPS) is 46.8. The number of rotatable bonds is 5. The van der Waals surface area contributed by atoms with Crippen LogP contribution in [0.5, 0.6) is 0 Å². The third-order valence-electron chi connectivity index (χ3n) is 6.67. The van der Waals surface area contributed by atoms with Gasteiger partial charge in [0, 0.05) is 37.8 Å². The van der Waals surface area contributed by atoms with Crippen LogP contribution in [0.4, 0.5) is 0 Å². The third kappa shape index (κ3) is 2.31. The highest BCUT2D eigenvalue weighted by Crippen LogP contribution is 2.54. The molecule has 5 fully saturated rings. The summed E-state index contributed by atoms with van der Waals surface area (Å²) in [6, 6.07) is 1.73. The van der Waals surface area contributed by atoms with Crippen LogP contribution in [0.3, 0.4) is 0 Å². The lowest BCUT2D eigenvalue weighted by molar-refractivity contribution is -0.218. The van der Waals surface area contributed by atoms with Crippen LogP contribution in [-0.4, -0.2) is 46.5 Å². The van der Waals surface area contributed by atoms with Gasteiger partial charge in [-0.3, -0.25) is 14.6 Å². The molecule has 0 aromatic rings. The molecule has 0 aromatic heterocycles. The summed E-state index contributed by atoms with van der Waals surface area (Å²) in [7, 11) is 0. The third-order valence-corrected chi connectivity index (χ3v) is 6.67. The predicted molar refractivity (Wildman–Crippen MR) is 96.1 cm³/mol. The Morgan fingerprint density at radius 2 is 2.04 bits per heavy atom. The van der Waals surface area contributed by atoms with Crippen molar-refractivity contribution in [1.29, 1.82) is 0 Å². The Labute approximate surface area is 145 Å². The summed E-state index contributed by atoms with van der Waals surface area (Å²) in [6.45, 7) is 10.8. The smallest absolute Gasteiger partial charge is 0.220 e. The quantitative estimate of drug-likeness (QED) is 0.789. The average Bonchev–Trinajstić information content (AvgIpc) is 2.56. The Balaban J connectivity index is 1.71. The molecule has 1 amide bonds. The van der Waals surface area contributed by atoms with Crippen molar-refractivity contribution in [2.24, 2.45) is 11.8 Å². The molecule has 6 unspecified atom stereocenters. The second-order valence-corrected chi connectivity index (χ2v) is 7.87. The van der Waals surface area contributed by atoms with Gasteiger partial charge in [-0.25, -0.2) is 0 Å². The largest absolute Gasteiger partial charge is 0.333 e. The fraction of sp³-hybridized carbons (Fsp3) is 0.650. The van der Waals surface area contributed by atoms with Crippen molar-refractivity contribution in [1.82, 2.24) is 15.1 Å². The fourth-order valence-electron chi connectivity index (χ4n) is 5.99. The zero-order chi connectivity index (χ0) is 16.8. The molecule has 24 heavy (non-hydrogen) atoms. The minimum absolute atomic E-state index is 0.0254. The molecule has 0 aromatic carbocycles. The number of nitrogens with zero attached hydrogens (tertiary/aromatic N) is 2. The molecular formula is C20H29N3O. The van der Waals surface area contributed by atoms with Gasteiger partial charge in [0.25, 0.3) is 0 Å². The molecule has 0 spiro atoms. The molecule has 4 heteroatoms. The van der Waals surface area contributed by atoms with Gasteiger partial charge in [0.2, 0.25) is 5.91 Å². The fourth-order valence-corrected chi connectivity index (χ4v) is 5.99. The Hall–Kier alpha value is -1.39. The maximum atomic E-state index is 11.4. The Bertz CT molecular complexity index is 575. The van der Waals surface area contributed by atoms with Gasteiger partial charge in [0.15, 0.2) is 0 Å². The maximum Gasteiger partial charge on any atom is 0.220 e. The lowest BCUT2D eigenvalue weighted by Crippen LogP contribution is -2.79. The molecule has 0 radical (unpaired) electrons. The van der Waals surface area contributed by atoms with Crippen LogP contribution in [0, 0.1) is 11.8 Å². The maximum absolute atomic E-state index is 11.4. The van der Waals surface area contributed by atoms with Gasteiger partial charge in [0.1, 0.15) is 0 Å². The van der Waals surface area contributed by atoms with Crippen LogP contribution in [0.15, 0.2) is 37.1 Å². The van der Waals surface area contributed by atoms with Gasteiger partial charge < -0.3 is 5.32 Å². The Morgan fingerprint density at radius 1 is 1.29 bits per heavy atom. The molecule has 8 atom stereocenters. The van der Waals surface area contributed by atoms with E-state index in [-0.39, 0.29) is 5.91 Å². The van der Waals surface area contributed by atoms with E-state index in [1.54, 1.807) is 6.92 Å². The number of amides is 1. The average molecular weight is 327 g/mol. The first-order valence-corrected chi connectivity index (χ1v) is 9.36. The number of carbonyl (C=O) groups excluding carboxylic acids is 1. The van der Waals surface area contributed by atoms with Crippen LogP contribution in [0.2, 0.25) is 0 Å². The van der Waals surface area contributed by atoms with Crippen LogP contribution in [0.1, 0.15) is 39.0 Å². The first-order valence-electron chi connectivity index (χ1n) is 9.36. The highest BCUT2D eigenvalue weighted by atomic mass is 16.1. The minimum atomic E-state index is 0.0254. The van der Waals surface area contributed by atoms with E-state index in [0.29, 0.717) is 30.2 Å². The van der Waals surface area contributed by atoms with Crippen molar-refractivity contribution >= 4 is 5.91 Å². The molecular weight excluding hydrogens is 298 g/mol. The Morgan fingerprint density at radius 3 is 2.75 bits per heavy atom. The SMILES string of the molecule is C=CCC1[C@@H]2C[C@@H]3CN1C1CC/C(=C/NC(C)=O)C2N1C3CC=C. The summed E-state index contributed by atoms with van der Waals surface area (Å²) >= 11 is 0. The zero-order valence-electron chi connectivity index (χ0n) is 14.7. The molecule has 5 saturated heterocycles. The lowest BCUT2D eigenvalue weighted by atomic mass is 9.62. The van der Waals surface area contributed by atoms with Crippen molar-refractivity contribution in [3.8, 4) is 0 Å². The van der Waals surface area contributed by atoms with Gasteiger partial charge >= 0.3 is 0 Å². The molecule has 5 rings (SSSR count). The van der Waals surface area contributed by atoms with E-state index >= 15 is 0 Å². The van der Waals surface area contributed by atoms with E-state index in [2.05, 4.69) is 40.4 Å². The van der Waals surface area contributed by atoms with Gasteiger partial charge in [-0.05, 0) is 49.5 Å². The summed E-state index contributed by atoms with van der Waals surface area (Å²) in [5.41, 5.74) is 1.43. The second-order valence-electron chi connectivity index (χ2n) is 7.87. The van der Waals surface area contributed by atoms with Crippen LogP contribution in [0.25, 0.3) is 0 Å². The van der Waals surface area contributed by atoms with Crippen LogP contribution in [-0.2, 0) is 4.79 Å². The molecule has 6 bridgehead atoms. The number of hydrogen-bond acceptors (Lipinski definition) is 3. The number of nitrogens with one attached hydrogen (secondary N) is 1. The topological polar surface area (TPSA) is 35.6 Å². The predicted octanol–water partition coefficient (Wildman–Crippen LogP) is 2.65. The highest BCUT2D eigenvalue weighted by molar-refractivity contribution is 5.74. The molecule has 5 aliphatic rings. The molecule has 5 aliphatic heterocycles. The van der Waals surface area contributed by atoms with Gasteiger partial charge in [-0.15, -0.1) is 13.2 Å². The number of piperidine rings is 3. The van der Waals surface area contributed by atoms with Crippen molar-refractivity contribution in [3.05, 3.63) is 37.1 Å². The summed E-state index contributed by atoms with van der Waals surface area (Å²) in [5.74, 6) is 1.46. The second kappa shape index (κ2) is 6.16. The lowest BCUT2D eigenvalue weighted by Gasteiger charge is -2.70. The van der Waals surface area contributed by atoms with E-state index in [9.17, 15) is 4.79 Å². The Kier molecular flexibility index (Phi) is 4.13. The minimum Gasteiger partial charge on any atom is -0.333 e. The molecule has 1 N–H and O–H groups in total. The molecule has 4 nitrogen and oxygen atoms in total. The van der Waals surface area contributed by atoms with Gasteiger partial charge in [-0.1, -0.05) is 12.2 Å². The molecule has 0 aliphatic carbocycles. The standard InChI is InChI=1S/C20H29N3O/c1-4-6-17-15-10-16-18(7-5-2)22(12-15)19-9-8-14(11-21-13(3)24)20(16)23(17)19/h4-5,11,15-20H,1-2,6-10,12H2,3H3,(H,21,24)/b14-11-/t15-,16+,17?,18?,19?,20?/m1/s1. The van der Waals surface area contributed by atoms with Gasteiger partial charge in [0.05, 0.1) is 6.17 Å². The molecule has 5 heterocycles. The van der Waals surface area contributed by atoms with Crippen molar-refractivity contribution in [2.75, 3.05) is 6.54 Å². The van der Waals surface area contributed by atoms with E-state index in [1.807, 2.05) is 6.20 Å². The summed E-state index contributed by atoms with van der Waals surface area (Å²) in [5, 5.41) is 2.94. The van der Waals surface area contributed by atoms with Crippen molar-refractivity contribution in [3.63, 3.8) is 0 Å². The van der Waals surface area contributed by atoms with Gasteiger partial charge in [-0.2, -0.15) is 0 Å². The molecule has 0 saturated carbocycles. The van der Waals surface area contributed by atoms with Crippen LogP contribution < -0.4 is 5.32 Å². The first kappa shape index (κ1) is 16.1. The van der Waals surface area contributed by atoms with E-state index in [0.717, 1.165) is 25.2 Å². The highest BCUT2D eigenvalue weighted by Gasteiger charge is 2.60. The molecule has 130 valence electrons. The van der Waals surface area contributed by atoms with E-state index in [4.69, 9.17) is 0 Å². The summed E-state index contributed by atoms with van der Waals surface area (Å²) in [6.07, 6.45) is 12.5. The van der Waals surface area contributed by atoms with E-state index < -0.39 is 0 Å². The van der Waals surface area contributed by atoms with Crippen molar-refractivity contribution in [2.45, 2.75) is 63.3 Å². The first-order chi connectivity index (χ1) is 11.7. The number of hydrogen-bond donors (Lipinski definition) is 1. The monoisotopic (exact) mass is 327 g/mol. The zero-order valence-corrected chi connectivity index (χ0v) is 14.7. The van der Waals surface area contributed by atoms with E-state index in [1.165, 1.54) is 25.0 Å². The van der Waals surface area contributed by atoms with Crippen LogP contribution >= 0.6 is 0 Å². The summed E-state index contributed by atoms with van der Waals surface area (Å²) in [4.78, 5) is 16.9. The number of carbonyl (C=O) groups is 1. The summed E-state index contributed by atoms with van der Waals surface area (Å²) < 4.78 is 0.